The third-order valence-corrected chi connectivity index (χ3v) is 4.91. The highest BCUT2D eigenvalue weighted by Gasteiger charge is 2.14. The Hall–Kier alpha value is -1.98. The third kappa shape index (κ3) is 7.06. The van der Waals surface area contributed by atoms with E-state index < -0.39 is 6.61 Å². The number of nitrogens with one attached hydrogen (secondary N) is 2. The Bertz CT molecular complexity index is 814. The maximum Gasteiger partial charge on any atom is 0.387 e. The summed E-state index contributed by atoms with van der Waals surface area (Å²) < 4.78 is 31.9. The summed E-state index contributed by atoms with van der Waals surface area (Å²) in [7, 11) is 1.68. The number of nitrogens with zero attached hydrogens (tertiary/aromatic N) is 4. The molecule has 0 aliphatic carbocycles. The van der Waals surface area contributed by atoms with Gasteiger partial charge in [0.2, 0.25) is 0 Å². The topological polar surface area (TPSA) is 76.4 Å². The molecule has 0 saturated heterocycles. The highest BCUT2D eigenvalue weighted by Crippen LogP contribution is 2.20. The van der Waals surface area contributed by atoms with Gasteiger partial charge < -0.3 is 19.9 Å². The Morgan fingerprint density at radius 3 is 2.83 bits per heavy atom. The third-order valence-electron chi connectivity index (χ3n) is 4.91. The molecule has 0 bridgehead atoms. The van der Waals surface area contributed by atoms with Crippen molar-refractivity contribution in [1.82, 2.24) is 25.4 Å². The molecule has 166 valence electrons. The summed E-state index contributed by atoms with van der Waals surface area (Å²) in [5.41, 5.74) is 0.641. The van der Waals surface area contributed by atoms with Gasteiger partial charge >= 0.3 is 6.61 Å². The van der Waals surface area contributed by atoms with E-state index in [-0.39, 0.29) is 29.7 Å². The number of para-hydroxylation sites is 1. The van der Waals surface area contributed by atoms with Crippen LogP contribution < -0.4 is 15.4 Å². The fraction of sp³-hybridized carbons (Fsp3) is 0.550. The minimum Gasteiger partial charge on any atom is -0.434 e. The molecule has 0 spiro atoms. The number of benzene rings is 1. The molecule has 0 atom stereocenters. The average Bonchev–Trinajstić information content (AvgIpc) is 2.94. The monoisotopic (exact) mass is 534 g/mol. The summed E-state index contributed by atoms with van der Waals surface area (Å²) in [6.07, 6.45) is 6.37. The first-order chi connectivity index (χ1) is 14.2. The van der Waals surface area contributed by atoms with Gasteiger partial charge in [-0.05, 0) is 25.3 Å². The molecule has 1 aromatic carbocycles. The summed E-state index contributed by atoms with van der Waals surface area (Å²) >= 11 is 0. The molecular formula is C20H29F2IN6O. The molecule has 1 aromatic heterocycles. The first-order valence-electron chi connectivity index (χ1n) is 10.1. The molecule has 2 aromatic rings. The van der Waals surface area contributed by atoms with Crippen LogP contribution in [0, 0.1) is 0 Å². The molecule has 0 fully saturated rings. The summed E-state index contributed by atoms with van der Waals surface area (Å²) in [6.45, 7) is -0.785. The van der Waals surface area contributed by atoms with Crippen LogP contribution in [0.1, 0.15) is 42.9 Å². The van der Waals surface area contributed by atoms with Crippen LogP contribution >= 0.6 is 24.0 Å². The zero-order valence-electron chi connectivity index (χ0n) is 17.1. The summed E-state index contributed by atoms with van der Waals surface area (Å²) in [4.78, 5) is 4.18. The van der Waals surface area contributed by atoms with E-state index in [4.69, 9.17) is 0 Å². The Kier molecular flexibility index (Phi) is 10.2. The number of hydrogen-bond acceptors (Lipinski definition) is 4. The highest BCUT2D eigenvalue weighted by molar-refractivity contribution is 14.0. The smallest absolute Gasteiger partial charge is 0.387 e. The zero-order valence-corrected chi connectivity index (χ0v) is 19.4. The van der Waals surface area contributed by atoms with Gasteiger partial charge in [0, 0.05) is 45.1 Å². The Morgan fingerprint density at radius 1 is 1.20 bits per heavy atom. The van der Waals surface area contributed by atoms with Crippen LogP contribution in [0.3, 0.4) is 0 Å². The largest absolute Gasteiger partial charge is 0.434 e. The number of aromatic nitrogens is 3. The lowest BCUT2D eigenvalue weighted by atomic mass is 10.2. The van der Waals surface area contributed by atoms with Gasteiger partial charge in [0.15, 0.2) is 5.96 Å². The maximum absolute atomic E-state index is 12.5. The van der Waals surface area contributed by atoms with E-state index in [0.717, 1.165) is 44.0 Å². The number of fused-ring (bicyclic) bond motifs is 1. The van der Waals surface area contributed by atoms with Crippen LogP contribution in [0.2, 0.25) is 0 Å². The van der Waals surface area contributed by atoms with Crippen molar-refractivity contribution in [2.45, 2.75) is 58.2 Å². The van der Waals surface area contributed by atoms with Gasteiger partial charge in [-0.3, -0.25) is 4.99 Å². The molecule has 0 saturated carbocycles. The van der Waals surface area contributed by atoms with E-state index in [1.807, 2.05) is 0 Å². The second kappa shape index (κ2) is 12.7. The van der Waals surface area contributed by atoms with Crippen molar-refractivity contribution in [2.75, 3.05) is 13.6 Å². The summed E-state index contributed by atoms with van der Waals surface area (Å²) in [6, 6.07) is 6.72. The van der Waals surface area contributed by atoms with E-state index in [9.17, 15) is 8.78 Å². The van der Waals surface area contributed by atoms with Crippen molar-refractivity contribution >= 4 is 29.9 Å². The standard InChI is InChI=1S/C20H28F2N6O.HI/c1-23-20(25-14-15-8-4-5-9-16(15)29-19(21)22)24-12-7-11-18-27-26-17-10-3-2-6-13-28(17)18;/h4-5,8-9,19H,2-3,6-7,10-14H2,1H3,(H2,23,24,25);1H. The van der Waals surface area contributed by atoms with Crippen LogP contribution in [-0.2, 0) is 25.9 Å². The predicted octanol–water partition coefficient (Wildman–Crippen LogP) is 3.52. The molecule has 30 heavy (non-hydrogen) atoms. The zero-order chi connectivity index (χ0) is 20.5. The van der Waals surface area contributed by atoms with Crippen molar-refractivity contribution in [3.05, 3.63) is 41.5 Å². The lowest BCUT2D eigenvalue weighted by Gasteiger charge is -2.14. The average molecular weight is 534 g/mol. The SMILES string of the molecule is CN=C(NCCCc1nnc2n1CCCCC2)NCc1ccccc1OC(F)F.I. The van der Waals surface area contributed by atoms with Gasteiger partial charge in [-0.25, -0.2) is 0 Å². The number of hydrogen-bond donors (Lipinski definition) is 2. The number of aliphatic imine (C=N–C) groups is 1. The first-order valence-corrected chi connectivity index (χ1v) is 10.1. The molecule has 0 unspecified atom stereocenters. The number of aryl methyl sites for hydroxylation is 2. The molecule has 0 amide bonds. The molecule has 10 heteroatoms. The second-order valence-corrected chi connectivity index (χ2v) is 6.94. The Balaban J connectivity index is 0.00000320. The lowest BCUT2D eigenvalue weighted by molar-refractivity contribution is -0.0504. The van der Waals surface area contributed by atoms with Crippen LogP contribution in [0.25, 0.3) is 0 Å². The maximum atomic E-state index is 12.5. The number of rotatable bonds is 8. The first kappa shape index (κ1) is 24.3. The fourth-order valence-electron chi connectivity index (χ4n) is 3.44. The molecule has 1 aliphatic rings. The van der Waals surface area contributed by atoms with Gasteiger partial charge in [-0.15, -0.1) is 34.2 Å². The van der Waals surface area contributed by atoms with Gasteiger partial charge in [0.05, 0.1) is 0 Å². The fourth-order valence-corrected chi connectivity index (χ4v) is 3.44. The number of ether oxygens (including phenoxy) is 1. The van der Waals surface area contributed by atoms with E-state index in [2.05, 4.69) is 35.1 Å². The van der Waals surface area contributed by atoms with Crippen LogP contribution in [-0.4, -0.2) is 40.9 Å². The van der Waals surface area contributed by atoms with Gasteiger partial charge in [0.1, 0.15) is 17.4 Å². The van der Waals surface area contributed by atoms with Gasteiger partial charge in [0.25, 0.3) is 0 Å². The predicted molar refractivity (Wildman–Crippen MR) is 123 cm³/mol. The molecule has 7 nitrogen and oxygen atoms in total. The number of guanidine groups is 1. The molecular weight excluding hydrogens is 505 g/mol. The summed E-state index contributed by atoms with van der Waals surface area (Å²) in [5, 5.41) is 15.1. The van der Waals surface area contributed by atoms with Crippen LogP contribution in [0.15, 0.2) is 29.3 Å². The van der Waals surface area contributed by atoms with Gasteiger partial charge in [-0.1, -0.05) is 24.6 Å². The summed E-state index contributed by atoms with van der Waals surface area (Å²) in [5.74, 6) is 2.92. The molecule has 0 radical (unpaired) electrons. The van der Waals surface area contributed by atoms with Crippen LogP contribution in [0.5, 0.6) is 5.75 Å². The molecule has 2 N–H and O–H groups in total. The van der Waals surface area contributed by atoms with E-state index in [1.54, 1.807) is 25.2 Å². The van der Waals surface area contributed by atoms with Crippen molar-refractivity contribution in [2.24, 2.45) is 4.99 Å². The van der Waals surface area contributed by atoms with Crippen LogP contribution in [0.4, 0.5) is 8.78 Å². The normalized spacial score (nSPS) is 13.9. The minimum absolute atomic E-state index is 0. The highest BCUT2D eigenvalue weighted by atomic mass is 127. The molecule has 3 rings (SSSR count). The van der Waals surface area contributed by atoms with Crippen molar-refractivity contribution in [1.29, 1.82) is 0 Å². The molecule has 1 aliphatic heterocycles. The van der Waals surface area contributed by atoms with E-state index in [0.29, 0.717) is 18.1 Å². The number of alkyl halides is 2. The molecule has 2 heterocycles. The van der Waals surface area contributed by atoms with E-state index in [1.165, 1.54) is 25.3 Å². The lowest BCUT2D eigenvalue weighted by Crippen LogP contribution is -2.37. The number of halogens is 3. The van der Waals surface area contributed by atoms with Crippen molar-refractivity contribution < 1.29 is 13.5 Å². The Morgan fingerprint density at radius 2 is 2.03 bits per heavy atom. The quantitative estimate of drug-likeness (QED) is 0.235. The second-order valence-electron chi connectivity index (χ2n) is 6.94. The van der Waals surface area contributed by atoms with E-state index >= 15 is 0 Å². The van der Waals surface area contributed by atoms with Crippen molar-refractivity contribution in [3.63, 3.8) is 0 Å². The minimum atomic E-state index is -2.85. The van der Waals surface area contributed by atoms with Gasteiger partial charge in [-0.2, -0.15) is 8.78 Å². The van der Waals surface area contributed by atoms with Crippen molar-refractivity contribution in [3.8, 4) is 5.75 Å². The Labute approximate surface area is 192 Å².